The molecule has 0 fully saturated rings. The van der Waals surface area contributed by atoms with Gasteiger partial charge in [0, 0.05) is 12.1 Å². The van der Waals surface area contributed by atoms with Gasteiger partial charge in [0.25, 0.3) is 10.0 Å². The number of hydrogen-bond acceptors (Lipinski definition) is 5. The lowest BCUT2D eigenvalue weighted by atomic mass is 10.1. The molecule has 0 aliphatic rings. The number of carbonyl (C=O) groups is 2. The van der Waals surface area contributed by atoms with Crippen LogP contribution in [0, 0.1) is 13.8 Å². The summed E-state index contributed by atoms with van der Waals surface area (Å²) in [6, 6.07) is 17.8. The zero-order valence-electron chi connectivity index (χ0n) is 25.3. The normalized spacial score (nSPS) is 12.4. The van der Waals surface area contributed by atoms with Crippen molar-refractivity contribution in [1.82, 2.24) is 10.2 Å². The summed E-state index contributed by atoms with van der Waals surface area (Å²) in [5.74, 6) is -0.481. The van der Waals surface area contributed by atoms with Gasteiger partial charge in [-0.05, 0) is 76.9 Å². The Balaban J connectivity index is 2.10. The van der Waals surface area contributed by atoms with Crippen LogP contribution in [0.25, 0.3) is 0 Å². The van der Waals surface area contributed by atoms with Gasteiger partial charge < -0.3 is 15.0 Å². The first-order chi connectivity index (χ1) is 19.7. The topological polar surface area (TPSA) is 96.0 Å². The molecule has 2 amide bonds. The van der Waals surface area contributed by atoms with E-state index in [4.69, 9.17) is 16.3 Å². The number of hydrogen-bond donors (Lipinski definition) is 1. The Morgan fingerprint density at radius 2 is 1.52 bits per heavy atom. The number of methoxy groups -OCH3 is 1. The molecule has 10 heteroatoms. The molecule has 0 saturated heterocycles. The van der Waals surface area contributed by atoms with E-state index in [-0.39, 0.29) is 28.1 Å². The van der Waals surface area contributed by atoms with Gasteiger partial charge in [-0.1, -0.05) is 66.0 Å². The predicted octanol–water partition coefficient (Wildman–Crippen LogP) is 5.88. The number of halogens is 1. The van der Waals surface area contributed by atoms with Crippen LogP contribution < -0.4 is 14.4 Å². The Bertz CT molecular complexity index is 1500. The number of benzene rings is 3. The van der Waals surface area contributed by atoms with Crippen LogP contribution in [-0.2, 0) is 26.2 Å². The molecular weight excluding hydrogens is 574 g/mol. The number of sulfonamides is 1. The van der Waals surface area contributed by atoms with E-state index in [1.165, 1.54) is 36.3 Å². The summed E-state index contributed by atoms with van der Waals surface area (Å²) >= 11 is 6.39. The van der Waals surface area contributed by atoms with Gasteiger partial charge >= 0.3 is 0 Å². The molecule has 42 heavy (non-hydrogen) atoms. The van der Waals surface area contributed by atoms with Crippen molar-refractivity contribution in [1.29, 1.82) is 0 Å². The molecule has 1 unspecified atom stereocenters. The summed E-state index contributed by atoms with van der Waals surface area (Å²) in [7, 11) is -2.75. The van der Waals surface area contributed by atoms with Crippen LogP contribution in [0.2, 0.25) is 5.02 Å². The van der Waals surface area contributed by atoms with Crippen LogP contribution in [0.1, 0.15) is 50.8 Å². The van der Waals surface area contributed by atoms with Crippen LogP contribution in [-0.4, -0.2) is 50.4 Å². The number of nitrogens with zero attached hydrogens (tertiary/aromatic N) is 2. The Kier molecular flexibility index (Phi) is 10.7. The summed E-state index contributed by atoms with van der Waals surface area (Å²) in [4.78, 5) is 29.1. The highest BCUT2D eigenvalue weighted by Gasteiger charge is 2.34. The molecule has 1 atom stereocenters. The number of carbonyl (C=O) groups excluding carboxylic acids is 2. The number of aryl methyl sites for hydroxylation is 2. The predicted molar refractivity (Wildman–Crippen MR) is 167 cm³/mol. The van der Waals surface area contributed by atoms with Crippen molar-refractivity contribution in [3.05, 3.63) is 88.4 Å². The van der Waals surface area contributed by atoms with Crippen LogP contribution in [0.3, 0.4) is 0 Å². The fourth-order valence-corrected chi connectivity index (χ4v) is 6.10. The second-order valence-corrected chi connectivity index (χ2v) is 13.6. The highest BCUT2D eigenvalue weighted by Crippen LogP contribution is 2.32. The second kappa shape index (κ2) is 13.6. The van der Waals surface area contributed by atoms with Crippen molar-refractivity contribution in [2.75, 3.05) is 18.0 Å². The van der Waals surface area contributed by atoms with Crippen molar-refractivity contribution in [2.24, 2.45) is 0 Å². The fraction of sp³-hybridized carbons (Fsp3) is 0.375. The van der Waals surface area contributed by atoms with Gasteiger partial charge in [-0.25, -0.2) is 8.42 Å². The molecule has 0 aliphatic heterocycles. The number of anilines is 1. The number of amides is 2. The summed E-state index contributed by atoms with van der Waals surface area (Å²) in [6.45, 7) is 10.8. The molecule has 0 radical (unpaired) electrons. The van der Waals surface area contributed by atoms with Gasteiger partial charge in [0.15, 0.2) is 0 Å². The van der Waals surface area contributed by atoms with Crippen LogP contribution in [0.5, 0.6) is 5.75 Å². The molecule has 0 saturated carbocycles. The lowest BCUT2D eigenvalue weighted by Crippen LogP contribution is -2.55. The van der Waals surface area contributed by atoms with E-state index in [1.807, 2.05) is 65.8 Å². The average Bonchev–Trinajstić information content (AvgIpc) is 2.91. The van der Waals surface area contributed by atoms with E-state index in [9.17, 15) is 18.0 Å². The largest absolute Gasteiger partial charge is 0.495 e. The standard InChI is InChI=1S/C32H40ClN3O5S/c1-8-28(31(38)34-32(4,5)6)35(20-24-13-9-22(2)10-14-24)30(37)21-36(25-15-18-29(41-7)27(33)19-25)42(39,40)26-16-11-23(3)12-17-26/h9-19,28H,8,20-21H2,1-7H3,(H,34,38). The van der Waals surface area contributed by atoms with Crippen LogP contribution in [0.4, 0.5) is 5.69 Å². The van der Waals surface area contributed by atoms with Gasteiger partial charge in [-0.2, -0.15) is 0 Å². The van der Waals surface area contributed by atoms with Crippen LogP contribution >= 0.6 is 11.6 Å². The average molecular weight is 614 g/mol. The summed E-state index contributed by atoms with van der Waals surface area (Å²) in [6.07, 6.45) is 0.332. The molecular formula is C32H40ClN3O5S. The van der Waals surface area contributed by atoms with Gasteiger partial charge in [-0.3, -0.25) is 13.9 Å². The number of nitrogens with one attached hydrogen (secondary N) is 1. The van der Waals surface area contributed by atoms with E-state index in [2.05, 4.69) is 5.32 Å². The zero-order valence-corrected chi connectivity index (χ0v) is 26.8. The summed E-state index contributed by atoms with van der Waals surface area (Å²) in [5, 5.41) is 3.16. The maximum atomic E-state index is 14.2. The van der Waals surface area contributed by atoms with Crippen molar-refractivity contribution in [3.8, 4) is 5.75 Å². The molecule has 0 heterocycles. The maximum absolute atomic E-state index is 14.2. The lowest BCUT2D eigenvalue weighted by Gasteiger charge is -2.35. The second-order valence-electron chi connectivity index (χ2n) is 11.3. The van der Waals surface area contributed by atoms with E-state index in [0.29, 0.717) is 12.2 Å². The molecule has 0 aliphatic carbocycles. The first-order valence-electron chi connectivity index (χ1n) is 13.8. The van der Waals surface area contributed by atoms with E-state index >= 15 is 0 Å². The Labute approximate surface area is 254 Å². The van der Waals surface area contributed by atoms with Gasteiger partial charge in [0.1, 0.15) is 18.3 Å². The fourth-order valence-electron chi connectivity index (χ4n) is 4.44. The van der Waals surface area contributed by atoms with Crippen molar-refractivity contribution in [2.45, 2.75) is 71.0 Å². The molecule has 3 aromatic carbocycles. The SMILES string of the molecule is CCC(C(=O)NC(C)(C)C)N(Cc1ccc(C)cc1)C(=O)CN(c1ccc(OC)c(Cl)c1)S(=O)(=O)c1ccc(C)cc1. The van der Waals surface area contributed by atoms with E-state index in [1.54, 1.807) is 18.2 Å². The van der Waals surface area contributed by atoms with Crippen molar-refractivity contribution >= 4 is 39.1 Å². The third kappa shape index (κ3) is 8.26. The van der Waals surface area contributed by atoms with Gasteiger partial charge in [-0.15, -0.1) is 0 Å². The minimum Gasteiger partial charge on any atom is -0.495 e. The summed E-state index contributed by atoms with van der Waals surface area (Å²) in [5.41, 5.74) is 2.43. The Morgan fingerprint density at radius 3 is 2.02 bits per heavy atom. The molecule has 0 aromatic heterocycles. The van der Waals surface area contributed by atoms with E-state index in [0.717, 1.165) is 21.0 Å². The third-order valence-corrected chi connectivity index (χ3v) is 8.75. The van der Waals surface area contributed by atoms with Gasteiger partial charge in [0.05, 0.1) is 22.7 Å². The van der Waals surface area contributed by atoms with Crippen molar-refractivity contribution in [3.63, 3.8) is 0 Å². The minimum absolute atomic E-state index is 0.0236. The Morgan fingerprint density at radius 1 is 0.952 bits per heavy atom. The first kappa shape index (κ1) is 32.9. The zero-order chi connectivity index (χ0) is 31.2. The highest BCUT2D eigenvalue weighted by molar-refractivity contribution is 7.92. The first-order valence-corrected chi connectivity index (χ1v) is 15.6. The quantitative estimate of drug-likeness (QED) is 0.291. The molecule has 3 rings (SSSR count). The molecule has 3 aromatic rings. The smallest absolute Gasteiger partial charge is 0.264 e. The molecule has 0 bridgehead atoms. The number of ether oxygens (including phenoxy) is 1. The summed E-state index contributed by atoms with van der Waals surface area (Å²) < 4.78 is 34.3. The van der Waals surface area contributed by atoms with Crippen LogP contribution in [0.15, 0.2) is 71.6 Å². The molecule has 1 N–H and O–H groups in total. The molecule has 226 valence electrons. The number of rotatable bonds is 11. The minimum atomic E-state index is -4.21. The maximum Gasteiger partial charge on any atom is 0.264 e. The molecule has 0 spiro atoms. The van der Waals surface area contributed by atoms with Crippen molar-refractivity contribution < 1.29 is 22.7 Å². The third-order valence-electron chi connectivity index (χ3n) is 6.67. The van der Waals surface area contributed by atoms with E-state index < -0.39 is 34.1 Å². The Hall–Kier alpha value is -3.56. The molecule has 8 nitrogen and oxygen atoms in total. The highest BCUT2D eigenvalue weighted by atomic mass is 35.5. The van der Waals surface area contributed by atoms with Gasteiger partial charge in [0.2, 0.25) is 11.8 Å². The monoisotopic (exact) mass is 613 g/mol. The lowest BCUT2D eigenvalue weighted by molar-refractivity contribution is -0.141.